The third-order valence-electron chi connectivity index (χ3n) is 3.64. The molecule has 1 atom stereocenters. The van der Waals surface area contributed by atoms with E-state index in [2.05, 4.69) is 4.98 Å². The zero-order chi connectivity index (χ0) is 13.7. The van der Waals surface area contributed by atoms with Crippen LogP contribution in [0.5, 0.6) is 0 Å². The van der Waals surface area contributed by atoms with Gasteiger partial charge >= 0.3 is 5.97 Å². The summed E-state index contributed by atoms with van der Waals surface area (Å²) in [5, 5.41) is 9.00. The first kappa shape index (κ1) is 13.6. The number of aromatic amines is 1. The molecule has 1 aliphatic rings. The topological polar surface area (TPSA) is 73.4 Å². The van der Waals surface area contributed by atoms with Crippen LogP contribution < -0.4 is 0 Å². The highest BCUT2D eigenvalue weighted by atomic mass is 16.4. The summed E-state index contributed by atoms with van der Waals surface area (Å²) in [5.41, 5.74) is 1.20. The fourth-order valence-electron chi connectivity index (χ4n) is 2.52. The number of nitrogens with zero attached hydrogens (tertiary/aromatic N) is 1. The molecule has 2 rings (SSSR count). The van der Waals surface area contributed by atoms with Crippen molar-refractivity contribution < 1.29 is 14.7 Å². The molecule has 5 nitrogen and oxygen atoms in total. The average molecular weight is 264 g/mol. The zero-order valence-corrected chi connectivity index (χ0v) is 11.0. The highest BCUT2D eigenvalue weighted by Crippen LogP contribution is 2.18. The Kier molecular flexibility index (Phi) is 4.60. The van der Waals surface area contributed by atoms with Crippen molar-refractivity contribution in [3.05, 3.63) is 24.0 Å². The van der Waals surface area contributed by atoms with Crippen LogP contribution >= 0.6 is 0 Å². The van der Waals surface area contributed by atoms with Gasteiger partial charge in [0.15, 0.2) is 0 Å². The van der Waals surface area contributed by atoms with Gasteiger partial charge in [-0.05, 0) is 37.3 Å². The number of rotatable bonds is 5. The van der Waals surface area contributed by atoms with Gasteiger partial charge in [0.25, 0.3) is 0 Å². The molecule has 104 valence electrons. The molecule has 0 spiro atoms. The lowest BCUT2D eigenvalue weighted by atomic mass is 9.98. The standard InChI is InChI=1S/C14H20N2O3/c17-13(5-1-3-11-6-7-15-9-11)16-8-2-4-12(10-16)14(18)19/h6-7,9,12,15H,1-5,8,10H2,(H,18,19). The molecule has 2 heterocycles. The van der Waals surface area contributed by atoms with Gasteiger partial charge in [0.05, 0.1) is 5.92 Å². The predicted octanol–water partition coefficient (Wildman–Crippen LogP) is 1.66. The molecule has 0 aromatic carbocycles. The minimum Gasteiger partial charge on any atom is -0.481 e. The van der Waals surface area contributed by atoms with E-state index in [1.165, 1.54) is 5.56 Å². The van der Waals surface area contributed by atoms with E-state index in [4.69, 9.17) is 5.11 Å². The minimum absolute atomic E-state index is 0.0847. The van der Waals surface area contributed by atoms with Crippen LogP contribution in [-0.2, 0) is 16.0 Å². The molecule has 1 saturated heterocycles. The summed E-state index contributed by atoms with van der Waals surface area (Å²) in [7, 11) is 0. The molecular weight excluding hydrogens is 244 g/mol. The van der Waals surface area contributed by atoms with Gasteiger partial charge in [-0.3, -0.25) is 9.59 Å². The molecule has 1 aromatic heterocycles. The summed E-state index contributed by atoms with van der Waals surface area (Å²) in [6, 6.07) is 2.01. The summed E-state index contributed by atoms with van der Waals surface area (Å²) in [6.45, 7) is 1.07. The maximum absolute atomic E-state index is 12.0. The van der Waals surface area contributed by atoms with Gasteiger partial charge in [0.1, 0.15) is 0 Å². The van der Waals surface area contributed by atoms with Gasteiger partial charge in [-0.25, -0.2) is 0 Å². The number of carbonyl (C=O) groups excluding carboxylic acids is 1. The summed E-state index contributed by atoms with van der Waals surface area (Å²) in [6.07, 6.45) is 7.47. The number of hydrogen-bond acceptors (Lipinski definition) is 2. The Morgan fingerprint density at radius 1 is 1.47 bits per heavy atom. The first-order valence-corrected chi connectivity index (χ1v) is 6.79. The number of aliphatic carboxylic acids is 1. The number of likely N-dealkylation sites (tertiary alicyclic amines) is 1. The smallest absolute Gasteiger partial charge is 0.308 e. The molecule has 1 aromatic rings. The maximum atomic E-state index is 12.0. The number of hydrogen-bond donors (Lipinski definition) is 2. The van der Waals surface area contributed by atoms with Gasteiger partial charge in [-0.1, -0.05) is 0 Å². The van der Waals surface area contributed by atoms with Gasteiger partial charge in [0.2, 0.25) is 5.91 Å². The number of nitrogens with one attached hydrogen (secondary N) is 1. The van der Waals surface area contributed by atoms with Crippen molar-refractivity contribution in [2.45, 2.75) is 32.1 Å². The predicted molar refractivity (Wildman–Crippen MR) is 70.7 cm³/mol. The SMILES string of the molecule is O=C(O)C1CCCN(C(=O)CCCc2cc[nH]c2)C1. The van der Waals surface area contributed by atoms with Crippen molar-refractivity contribution in [1.82, 2.24) is 9.88 Å². The monoisotopic (exact) mass is 264 g/mol. The number of carbonyl (C=O) groups is 2. The molecule has 1 fully saturated rings. The number of piperidine rings is 1. The first-order valence-electron chi connectivity index (χ1n) is 6.79. The molecule has 2 N–H and O–H groups in total. The van der Waals surface area contributed by atoms with Gasteiger partial charge < -0.3 is 15.0 Å². The highest BCUT2D eigenvalue weighted by Gasteiger charge is 2.27. The van der Waals surface area contributed by atoms with Crippen LogP contribution in [-0.4, -0.2) is 40.0 Å². The quantitative estimate of drug-likeness (QED) is 0.849. The summed E-state index contributed by atoms with van der Waals surface area (Å²) in [5.74, 6) is -1.09. The average Bonchev–Trinajstić information content (AvgIpc) is 2.92. The van der Waals surface area contributed by atoms with Gasteiger partial charge in [-0.2, -0.15) is 0 Å². The van der Waals surface area contributed by atoms with Crippen molar-refractivity contribution in [1.29, 1.82) is 0 Å². The molecule has 0 radical (unpaired) electrons. The second kappa shape index (κ2) is 6.41. The zero-order valence-electron chi connectivity index (χ0n) is 11.0. The number of H-pyrrole nitrogens is 1. The lowest BCUT2D eigenvalue weighted by Crippen LogP contribution is -2.42. The van der Waals surface area contributed by atoms with E-state index in [-0.39, 0.29) is 11.8 Å². The number of amides is 1. The van der Waals surface area contributed by atoms with Crippen LogP contribution in [0.15, 0.2) is 18.5 Å². The lowest BCUT2D eigenvalue weighted by Gasteiger charge is -2.30. The molecular formula is C14H20N2O3. The molecule has 19 heavy (non-hydrogen) atoms. The first-order chi connectivity index (χ1) is 9.16. The number of carboxylic acid groups (broad SMARTS) is 1. The molecule has 1 amide bonds. The van der Waals surface area contributed by atoms with Gasteiger partial charge in [0, 0.05) is 31.9 Å². The molecule has 1 aliphatic heterocycles. The summed E-state index contributed by atoms with van der Waals surface area (Å²) >= 11 is 0. The van der Waals surface area contributed by atoms with Crippen LogP contribution in [0.1, 0.15) is 31.2 Å². The Bertz CT molecular complexity index is 428. The van der Waals surface area contributed by atoms with E-state index >= 15 is 0 Å². The normalized spacial score (nSPS) is 19.4. The molecule has 0 bridgehead atoms. The number of carboxylic acids is 1. The van der Waals surface area contributed by atoms with E-state index in [0.717, 1.165) is 19.3 Å². The fourth-order valence-corrected chi connectivity index (χ4v) is 2.52. The highest BCUT2D eigenvalue weighted by molar-refractivity contribution is 5.78. The van der Waals surface area contributed by atoms with Crippen LogP contribution in [0.4, 0.5) is 0 Å². The Balaban J connectivity index is 1.74. The Morgan fingerprint density at radius 3 is 3.00 bits per heavy atom. The van der Waals surface area contributed by atoms with Crippen LogP contribution in [0.25, 0.3) is 0 Å². The summed E-state index contributed by atoms with van der Waals surface area (Å²) < 4.78 is 0. The number of aromatic nitrogens is 1. The van der Waals surface area contributed by atoms with Crippen LogP contribution in [0, 0.1) is 5.92 Å². The largest absolute Gasteiger partial charge is 0.481 e. The molecule has 0 saturated carbocycles. The van der Waals surface area contributed by atoms with Gasteiger partial charge in [-0.15, -0.1) is 0 Å². The van der Waals surface area contributed by atoms with Crippen molar-refractivity contribution >= 4 is 11.9 Å². The van der Waals surface area contributed by atoms with E-state index in [1.807, 2.05) is 18.5 Å². The van der Waals surface area contributed by atoms with Crippen LogP contribution in [0.3, 0.4) is 0 Å². The molecule has 1 unspecified atom stereocenters. The number of aryl methyl sites for hydroxylation is 1. The van der Waals surface area contributed by atoms with E-state index in [0.29, 0.717) is 25.9 Å². The maximum Gasteiger partial charge on any atom is 0.308 e. The van der Waals surface area contributed by atoms with Crippen molar-refractivity contribution in [2.75, 3.05) is 13.1 Å². The minimum atomic E-state index is -0.787. The second-order valence-corrected chi connectivity index (χ2v) is 5.09. The molecule has 0 aliphatic carbocycles. The Hall–Kier alpha value is -1.78. The van der Waals surface area contributed by atoms with Crippen molar-refractivity contribution in [2.24, 2.45) is 5.92 Å². The van der Waals surface area contributed by atoms with E-state index in [9.17, 15) is 9.59 Å². The second-order valence-electron chi connectivity index (χ2n) is 5.09. The summed E-state index contributed by atoms with van der Waals surface area (Å²) in [4.78, 5) is 27.7. The Labute approximate surface area is 112 Å². The third kappa shape index (κ3) is 3.84. The van der Waals surface area contributed by atoms with E-state index in [1.54, 1.807) is 4.90 Å². The molecule has 5 heteroatoms. The Morgan fingerprint density at radius 2 is 2.32 bits per heavy atom. The van der Waals surface area contributed by atoms with E-state index < -0.39 is 5.97 Å². The van der Waals surface area contributed by atoms with Crippen LogP contribution in [0.2, 0.25) is 0 Å². The van der Waals surface area contributed by atoms with Crippen molar-refractivity contribution in [3.8, 4) is 0 Å². The van der Waals surface area contributed by atoms with Crippen molar-refractivity contribution in [3.63, 3.8) is 0 Å². The fraction of sp³-hybridized carbons (Fsp3) is 0.571. The lowest BCUT2D eigenvalue weighted by molar-refractivity contribution is -0.145. The third-order valence-corrected chi connectivity index (χ3v) is 3.64.